The number of nitrogens with zero attached hydrogens (tertiary/aromatic N) is 3. The van der Waals surface area contributed by atoms with Crippen molar-refractivity contribution in [2.24, 2.45) is 11.7 Å². The van der Waals surface area contributed by atoms with Crippen LogP contribution in [0.3, 0.4) is 0 Å². The van der Waals surface area contributed by atoms with Crippen LogP contribution in [0, 0.1) is 5.92 Å². The molecule has 152 valence electrons. The van der Waals surface area contributed by atoms with Crippen LogP contribution < -0.4 is 11.1 Å². The van der Waals surface area contributed by atoms with Gasteiger partial charge >= 0.3 is 0 Å². The number of nitrogens with one attached hydrogen (secondary N) is 1. The molecule has 1 aliphatic rings. The molecule has 1 saturated heterocycles. The second-order valence-corrected chi connectivity index (χ2v) is 6.63. The van der Waals surface area contributed by atoms with Crippen molar-refractivity contribution in [1.82, 2.24) is 14.7 Å². The van der Waals surface area contributed by atoms with Gasteiger partial charge in [0.15, 0.2) is 0 Å². The Balaban J connectivity index is 0.00000280. The zero-order valence-corrected chi connectivity index (χ0v) is 16.6. The van der Waals surface area contributed by atoms with E-state index in [4.69, 9.17) is 10.5 Å². The third-order valence-electron chi connectivity index (χ3n) is 4.70. The number of anilines is 1. The first-order chi connectivity index (χ1) is 13.0. The summed E-state index contributed by atoms with van der Waals surface area (Å²) >= 11 is 0. The third kappa shape index (κ3) is 5.54. The van der Waals surface area contributed by atoms with Crippen LogP contribution in [-0.4, -0.2) is 52.8 Å². The predicted molar refractivity (Wildman–Crippen MR) is 108 cm³/mol. The largest absolute Gasteiger partial charge is 0.378 e. The summed E-state index contributed by atoms with van der Waals surface area (Å²) in [6.45, 7) is 4.24. The van der Waals surface area contributed by atoms with Gasteiger partial charge in [0.25, 0.3) is 0 Å². The van der Waals surface area contributed by atoms with E-state index in [9.17, 15) is 9.59 Å². The number of hydrogen-bond donors (Lipinski definition) is 2. The first-order valence-electron chi connectivity index (χ1n) is 9.04. The minimum atomic E-state index is -0.411. The summed E-state index contributed by atoms with van der Waals surface area (Å²) < 4.78 is 6.77. The van der Waals surface area contributed by atoms with Crippen molar-refractivity contribution in [2.45, 2.75) is 19.5 Å². The lowest BCUT2D eigenvalue weighted by Crippen LogP contribution is -2.42. The van der Waals surface area contributed by atoms with Crippen LogP contribution >= 0.6 is 12.4 Å². The van der Waals surface area contributed by atoms with E-state index in [2.05, 4.69) is 10.4 Å². The molecule has 0 radical (unpaired) electrons. The molecule has 3 N–H and O–H groups in total. The molecule has 2 aromatic rings. The molecule has 8 nitrogen and oxygen atoms in total. The summed E-state index contributed by atoms with van der Waals surface area (Å²) in [4.78, 5) is 26.5. The number of rotatable bonds is 6. The normalized spacial score (nSPS) is 16.0. The Morgan fingerprint density at radius 2 is 1.93 bits per heavy atom. The molecule has 0 aliphatic carbocycles. The Morgan fingerprint density at radius 3 is 2.61 bits per heavy atom. The molecule has 1 aromatic heterocycles. The minimum Gasteiger partial charge on any atom is -0.378 e. The Bertz CT molecular complexity index is 777. The zero-order valence-electron chi connectivity index (χ0n) is 15.8. The van der Waals surface area contributed by atoms with Gasteiger partial charge in [-0.15, -0.1) is 12.4 Å². The molecule has 0 saturated carbocycles. The lowest BCUT2D eigenvalue weighted by Gasteiger charge is -2.26. The summed E-state index contributed by atoms with van der Waals surface area (Å²) in [6.07, 6.45) is 3.18. The van der Waals surface area contributed by atoms with Crippen LogP contribution in [0.2, 0.25) is 0 Å². The van der Waals surface area contributed by atoms with Gasteiger partial charge in [-0.25, -0.2) is 0 Å². The van der Waals surface area contributed by atoms with Crippen LogP contribution in [0.25, 0.3) is 0 Å². The van der Waals surface area contributed by atoms with Gasteiger partial charge < -0.3 is 20.7 Å². The average molecular weight is 408 g/mol. The first kappa shape index (κ1) is 21.9. The Labute approximate surface area is 170 Å². The summed E-state index contributed by atoms with van der Waals surface area (Å²) in [7, 11) is 0. The second-order valence-electron chi connectivity index (χ2n) is 6.63. The van der Waals surface area contributed by atoms with E-state index < -0.39 is 12.0 Å². The van der Waals surface area contributed by atoms with Crippen molar-refractivity contribution in [3.8, 4) is 0 Å². The van der Waals surface area contributed by atoms with Crippen LogP contribution in [0.1, 0.15) is 18.5 Å². The molecule has 1 aliphatic heterocycles. The highest BCUT2D eigenvalue weighted by Gasteiger charge is 2.23. The summed E-state index contributed by atoms with van der Waals surface area (Å²) in [5, 5.41) is 6.98. The van der Waals surface area contributed by atoms with Crippen LogP contribution in [0.15, 0.2) is 42.7 Å². The molecule has 9 heteroatoms. The molecular weight excluding hydrogens is 382 g/mol. The van der Waals surface area contributed by atoms with Gasteiger partial charge in [0.05, 0.1) is 31.0 Å². The van der Waals surface area contributed by atoms with Crippen molar-refractivity contribution in [2.75, 3.05) is 31.6 Å². The van der Waals surface area contributed by atoms with E-state index in [-0.39, 0.29) is 30.8 Å². The molecule has 2 heterocycles. The van der Waals surface area contributed by atoms with Crippen LogP contribution in [-0.2, 0) is 20.9 Å². The molecule has 3 rings (SSSR count). The molecule has 0 spiro atoms. The number of halogens is 1. The summed E-state index contributed by atoms with van der Waals surface area (Å²) in [5.74, 6) is -0.616. The highest BCUT2D eigenvalue weighted by atomic mass is 35.5. The molecule has 28 heavy (non-hydrogen) atoms. The molecular formula is C19H26ClN5O3. The van der Waals surface area contributed by atoms with Gasteiger partial charge in [-0.2, -0.15) is 5.10 Å². The van der Waals surface area contributed by atoms with Crippen molar-refractivity contribution >= 4 is 29.9 Å². The number of carbonyl (C=O) groups excluding carboxylic acids is 2. The second kappa shape index (κ2) is 10.2. The maximum absolute atomic E-state index is 12.5. The smallest absolute Gasteiger partial charge is 0.244 e. The predicted octanol–water partition coefficient (Wildman–Crippen LogP) is 1.44. The minimum absolute atomic E-state index is 0. The van der Waals surface area contributed by atoms with Crippen molar-refractivity contribution in [3.05, 3.63) is 48.3 Å². The van der Waals surface area contributed by atoms with Gasteiger partial charge in [0, 0.05) is 25.3 Å². The highest BCUT2D eigenvalue weighted by Crippen LogP contribution is 2.20. The monoisotopic (exact) mass is 407 g/mol. The third-order valence-corrected chi connectivity index (χ3v) is 4.70. The number of nitrogens with two attached hydrogens (primary N) is 1. The number of benzene rings is 1. The fraction of sp³-hybridized carbons (Fsp3) is 0.421. The number of carbonyl (C=O) groups is 2. The van der Waals surface area contributed by atoms with Crippen LogP contribution in [0.4, 0.5) is 5.69 Å². The zero-order chi connectivity index (χ0) is 19.2. The first-order valence-corrected chi connectivity index (χ1v) is 9.04. The quantitative estimate of drug-likeness (QED) is 0.754. The topological polar surface area (TPSA) is 102 Å². The fourth-order valence-electron chi connectivity index (χ4n) is 2.95. The van der Waals surface area contributed by atoms with E-state index >= 15 is 0 Å². The number of hydrogen-bond acceptors (Lipinski definition) is 5. The number of amides is 2. The lowest BCUT2D eigenvalue weighted by atomic mass is 9.95. The SMILES string of the molecule is CC(C(=O)Nc1cnn(CC(=O)N2CCOCC2)c1)C(N)c1ccccc1.Cl. The summed E-state index contributed by atoms with van der Waals surface area (Å²) in [6, 6.07) is 9.12. The van der Waals surface area contributed by atoms with E-state index in [0.29, 0.717) is 32.0 Å². The number of aromatic nitrogens is 2. The van der Waals surface area contributed by atoms with E-state index in [0.717, 1.165) is 5.56 Å². The molecule has 2 unspecified atom stereocenters. The Morgan fingerprint density at radius 1 is 1.25 bits per heavy atom. The summed E-state index contributed by atoms with van der Waals surface area (Å²) in [5.41, 5.74) is 7.66. The van der Waals surface area contributed by atoms with Gasteiger partial charge in [-0.1, -0.05) is 37.3 Å². The van der Waals surface area contributed by atoms with Crippen molar-refractivity contribution in [3.63, 3.8) is 0 Å². The van der Waals surface area contributed by atoms with Crippen molar-refractivity contribution in [1.29, 1.82) is 0 Å². The number of ether oxygens (including phenoxy) is 1. The standard InChI is InChI=1S/C19H25N5O3.ClH/c1-14(18(20)15-5-3-2-4-6-15)19(26)22-16-11-21-24(12-16)13-17(25)23-7-9-27-10-8-23;/h2-6,11-12,14,18H,7-10,13,20H2,1H3,(H,22,26);1H. The van der Waals surface area contributed by atoms with Crippen LogP contribution in [0.5, 0.6) is 0 Å². The van der Waals surface area contributed by atoms with Gasteiger partial charge in [0.2, 0.25) is 11.8 Å². The molecule has 1 aromatic carbocycles. The average Bonchev–Trinajstić information content (AvgIpc) is 3.14. The maximum atomic E-state index is 12.5. The van der Waals surface area contributed by atoms with E-state index in [1.807, 2.05) is 30.3 Å². The molecule has 1 fully saturated rings. The Hall–Kier alpha value is -2.42. The highest BCUT2D eigenvalue weighted by molar-refractivity contribution is 5.92. The fourth-order valence-corrected chi connectivity index (χ4v) is 2.95. The van der Waals surface area contributed by atoms with Gasteiger partial charge in [-0.3, -0.25) is 14.3 Å². The van der Waals surface area contributed by atoms with Gasteiger partial charge in [0.1, 0.15) is 6.54 Å². The van der Waals surface area contributed by atoms with Crippen molar-refractivity contribution < 1.29 is 14.3 Å². The lowest BCUT2D eigenvalue weighted by molar-refractivity contribution is -0.136. The van der Waals surface area contributed by atoms with E-state index in [1.54, 1.807) is 18.0 Å². The van der Waals surface area contributed by atoms with E-state index in [1.165, 1.54) is 10.9 Å². The Kier molecular flexibility index (Phi) is 7.98. The van der Waals surface area contributed by atoms with Gasteiger partial charge in [-0.05, 0) is 5.56 Å². The molecule has 0 bridgehead atoms. The number of morpholine rings is 1. The molecule has 2 atom stereocenters. The molecule has 2 amide bonds. The maximum Gasteiger partial charge on any atom is 0.244 e.